The molecule has 1 fully saturated rings. The number of piperidine rings is 1. The second-order valence-electron chi connectivity index (χ2n) is 8.23. The van der Waals surface area contributed by atoms with E-state index in [-0.39, 0.29) is 24.2 Å². The summed E-state index contributed by atoms with van der Waals surface area (Å²) in [6.07, 6.45) is 1.48. The molecule has 0 aliphatic carbocycles. The molecule has 33 heavy (non-hydrogen) atoms. The molecule has 1 aliphatic heterocycles. The molecule has 3 N–H and O–H groups in total. The van der Waals surface area contributed by atoms with Gasteiger partial charge in [0.2, 0.25) is 5.91 Å². The van der Waals surface area contributed by atoms with Crippen LogP contribution in [-0.2, 0) is 17.9 Å². The first-order valence-electron chi connectivity index (χ1n) is 11.1. The first kappa shape index (κ1) is 22.7. The second kappa shape index (κ2) is 10.9. The fourth-order valence-electron chi connectivity index (χ4n) is 3.73. The summed E-state index contributed by atoms with van der Waals surface area (Å²) in [5.41, 5.74) is 3.13. The number of carbonyl (C=O) groups excluding carboxylic acids is 2. The van der Waals surface area contributed by atoms with Crippen molar-refractivity contribution >= 4 is 11.8 Å². The third kappa shape index (κ3) is 6.50. The minimum atomic E-state index is -0.467. The monoisotopic (exact) mass is 448 g/mol. The zero-order chi connectivity index (χ0) is 23.0. The number of amides is 2. The topological polar surface area (TPSA) is 108 Å². The SMILES string of the molecule is O=C(CNC(=O)c1cc(-c2ccccc2)on1)NCc1ccc(CN2CCC(O)CC2)cc1. The lowest BCUT2D eigenvalue weighted by atomic mass is 10.1. The summed E-state index contributed by atoms with van der Waals surface area (Å²) in [6, 6.07) is 19.0. The van der Waals surface area contributed by atoms with Crippen molar-refractivity contribution in [1.29, 1.82) is 0 Å². The Balaban J connectivity index is 1.19. The molecular weight excluding hydrogens is 420 g/mol. The smallest absolute Gasteiger partial charge is 0.273 e. The fourth-order valence-corrected chi connectivity index (χ4v) is 3.73. The lowest BCUT2D eigenvalue weighted by Gasteiger charge is -2.29. The largest absolute Gasteiger partial charge is 0.393 e. The highest BCUT2D eigenvalue weighted by Crippen LogP contribution is 2.19. The van der Waals surface area contributed by atoms with Crippen LogP contribution < -0.4 is 10.6 Å². The first-order valence-corrected chi connectivity index (χ1v) is 11.1. The predicted molar refractivity (Wildman–Crippen MR) is 123 cm³/mol. The number of hydrogen-bond donors (Lipinski definition) is 3. The molecule has 0 atom stereocenters. The molecule has 4 rings (SSSR count). The Labute approximate surface area is 192 Å². The maximum atomic E-state index is 12.3. The first-order chi connectivity index (χ1) is 16.1. The number of rotatable bonds is 8. The van der Waals surface area contributed by atoms with Gasteiger partial charge in [-0.3, -0.25) is 14.5 Å². The van der Waals surface area contributed by atoms with Crippen LogP contribution in [0.3, 0.4) is 0 Å². The van der Waals surface area contributed by atoms with Gasteiger partial charge in [-0.25, -0.2) is 0 Å². The Morgan fingerprint density at radius 1 is 1.00 bits per heavy atom. The van der Waals surface area contributed by atoms with Gasteiger partial charge >= 0.3 is 0 Å². The van der Waals surface area contributed by atoms with Gasteiger partial charge in [-0.1, -0.05) is 59.8 Å². The predicted octanol–water partition coefficient (Wildman–Crippen LogP) is 2.34. The van der Waals surface area contributed by atoms with E-state index in [4.69, 9.17) is 4.52 Å². The molecule has 0 bridgehead atoms. The van der Waals surface area contributed by atoms with Crippen molar-refractivity contribution in [3.8, 4) is 11.3 Å². The number of hydrogen-bond acceptors (Lipinski definition) is 6. The standard InChI is InChI=1S/C25H28N4O4/c30-21-10-12-29(13-11-21)17-19-8-6-18(7-9-19)15-26-24(31)16-27-25(32)22-14-23(33-28-22)20-4-2-1-3-5-20/h1-9,14,21,30H,10-13,15-17H2,(H,26,31)(H,27,32). The van der Waals surface area contributed by atoms with Crippen LogP contribution in [0.2, 0.25) is 0 Å². The molecule has 8 heteroatoms. The maximum Gasteiger partial charge on any atom is 0.273 e. The third-order valence-electron chi connectivity index (χ3n) is 5.69. The summed E-state index contributed by atoms with van der Waals surface area (Å²) in [4.78, 5) is 26.7. The van der Waals surface area contributed by atoms with Crippen LogP contribution in [0.25, 0.3) is 11.3 Å². The van der Waals surface area contributed by atoms with Crippen LogP contribution in [0.1, 0.15) is 34.5 Å². The van der Waals surface area contributed by atoms with E-state index in [9.17, 15) is 14.7 Å². The van der Waals surface area contributed by atoms with Crippen molar-refractivity contribution in [1.82, 2.24) is 20.7 Å². The zero-order valence-electron chi connectivity index (χ0n) is 18.4. The zero-order valence-corrected chi connectivity index (χ0v) is 18.4. The number of likely N-dealkylation sites (tertiary alicyclic amines) is 1. The lowest BCUT2D eigenvalue weighted by molar-refractivity contribution is -0.120. The van der Waals surface area contributed by atoms with Gasteiger partial charge in [0.05, 0.1) is 12.6 Å². The van der Waals surface area contributed by atoms with Crippen molar-refractivity contribution in [3.63, 3.8) is 0 Å². The quantitative estimate of drug-likeness (QED) is 0.488. The minimum absolute atomic E-state index is 0.125. The highest BCUT2D eigenvalue weighted by atomic mass is 16.5. The molecular formula is C25H28N4O4. The highest BCUT2D eigenvalue weighted by Gasteiger charge is 2.17. The Bertz CT molecular complexity index is 1060. The summed E-state index contributed by atoms with van der Waals surface area (Å²) in [7, 11) is 0. The molecule has 1 aliphatic rings. The van der Waals surface area contributed by atoms with Crippen LogP contribution in [0, 0.1) is 0 Å². The number of carbonyl (C=O) groups is 2. The average Bonchev–Trinajstić information content (AvgIpc) is 3.35. The van der Waals surface area contributed by atoms with Gasteiger partial charge in [0.1, 0.15) is 0 Å². The number of benzene rings is 2. The molecule has 2 heterocycles. The van der Waals surface area contributed by atoms with E-state index in [0.29, 0.717) is 12.3 Å². The highest BCUT2D eigenvalue weighted by molar-refractivity contribution is 5.95. The van der Waals surface area contributed by atoms with Crippen LogP contribution in [0.4, 0.5) is 0 Å². The number of nitrogens with one attached hydrogen (secondary N) is 2. The van der Waals surface area contributed by atoms with Gasteiger partial charge in [-0.2, -0.15) is 0 Å². The molecule has 0 saturated carbocycles. The molecule has 1 aromatic heterocycles. The van der Waals surface area contributed by atoms with E-state index >= 15 is 0 Å². The van der Waals surface area contributed by atoms with Crippen molar-refractivity contribution in [3.05, 3.63) is 77.5 Å². The maximum absolute atomic E-state index is 12.3. The van der Waals surface area contributed by atoms with E-state index in [1.54, 1.807) is 6.07 Å². The Kier molecular flexibility index (Phi) is 7.49. The minimum Gasteiger partial charge on any atom is -0.393 e. The van der Waals surface area contributed by atoms with Gasteiger partial charge in [0.15, 0.2) is 11.5 Å². The van der Waals surface area contributed by atoms with E-state index in [1.807, 2.05) is 42.5 Å². The van der Waals surface area contributed by atoms with Gasteiger partial charge in [0.25, 0.3) is 5.91 Å². The molecule has 0 radical (unpaired) electrons. The summed E-state index contributed by atoms with van der Waals surface area (Å²) >= 11 is 0. The van der Waals surface area contributed by atoms with Gasteiger partial charge < -0.3 is 20.3 Å². The molecule has 2 amide bonds. The summed E-state index contributed by atoms with van der Waals surface area (Å²) in [5.74, 6) is -0.261. The third-order valence-corrected chi connectivity index (χ3v) is 5.69. The Morgan fingerprint density at radius 3 is 2.42 bits per heavy atom. The summed E-state index contributed by atoms with van der Waals surface area (Å²) in [6.45, 7) is 2.91. The summed E-state index contributed by atoms with van der Waals surface area (Å²) in [5, 5.41) is 18.8. The number of aromatic nitrogens is 1. The van der Waals surface area contributed by atoms with Crippen LogP contribution in [0.15, 0.2) is 65.2 Å². The molecule has 0 spiro atoms. The van der Waals surface area contributed by atoms with Crippen LogP contribution >= 0.6 is 0 Å². The summed E-state index contributed by atoms with van der Waals surface area (Å²) < 4.78 is 5.22. The van der Waals surface area contributed by atoms with Gasteiger partial charge in [0, 0.05) is 37.8 Å². The van der Waals surface area contributed by atoms with E-state index in [1.165, 1.54) is 5.56 Å². The number of aliphatic hydroxyl groups is 1. The molecule has 3 aromatic rings. The number of aliphatic hydroxyl groups excluding tert-OH is 1. The lowest BCUT2D eigenvalue weighted by Crippen LogP contribution is -2.36. The Hall–Kier alpha value is -3.49. The van der Waals surface area contributed by atoms with Crippen molar-refractivity contribution in [2.45, 2.75) is 32.0 Å². The van der Waals surface area contributed by atoms with Crippen LogP contribution in [-0.4, -0.2) is 52.7 Å². The normalized spacial score (nSPS) is 14.7. The molecule has 8 nitrogen and oxygen atoms in total. The molecule has 1 saturated heterocycles. The van der Waals surface area contributed by atoms with Crippen molar-refractivity contribution in [2.75, 3.05) is 19.6 Å². The molecule has 0 unspecified atom stereocenters. The average molecular weight is 449 g/mol. The molecule has 172 valence electrons. The molecule has 2 aromatic carbocycles. The van der Waals surface area contributed by atoms with E-state index in [0.717, 1.165) is 43.6 Å². The van der Waals surface area contributed by atoms with E-state index in [2.05, 4.69) is 32.8 Å². The van der Waals surface area contributed by atoms with Gasteiger partial charge in [-0.05, 0) is 24.0 Å². The van der Waals surface area contributed by atoms with Crippen molar-refractivity contribution in [2.24, 2.45) is 0 Å². The van der Waals surface area contributed by atoms with Crippen LogP contribution in [0.5, 0.6) is 0 Å². The van der Waals surface area contributed by atoms with Crippen molar-refractivity contribution < 1.29 is 19.2 Å². The van der Waals surface area contributed by atoms with Gasteiger partial charge in [-0.15, -0.1) is 0 Å². The Morgan fingerprint density at radius 2 is 1.70 bits per heavy atom. The fraction of sp³-hybridized carbons (Fsp3) is 0.320. The number of nitrogens with zero attached hydrogens (tertiary/aromatic N) is 2. The van der Waals surface area contributed by atoms with E-state index < -0.39 is 5.91 Å². The second-order valence-corrected chi connectivity index (χ2v) is 8.23.